The molecule has 0 radical (unpaired) electrons. The summed E-state index contributed by atoms with van der Waals surface area (Å²) in [6, 6.07) is -0.0749. The molecule has 6 heterocycles. The second-order valence-electron chi connectivity index (χ2n) is 38.5. The van der Waals surface area contributed by atoms with Crippen LogP contribution in [0.2, 0.25) is 37.9 Å². The van der Waals surface area contributed by atoms with E-state index in [2.05, 4.69) is 4.18 Å². The van der Waals surface area contributed by atoms with Crippen LogP contribution in [0.15, 0.2) is 0 Å². The van der Waals surface area contributed by atoms with E-state index in [4.69, 9.17) is 150 Å². The smallest absolute Gasteiger partial charge is 0.451 e. The molecule has 72 heteroatoms. The zero-order chi connectivity index (χ0) is 109. The van der Waals surface area contributed by atoms with Gasteiger partial charge in [0.1, 0.15) is 33.2 Å². The molecule has 12 atom stereocenters. The van der Waals surface area contributed by atoms with Crippen LogP contribution in [0.3, 0.4) is 0 Å². The van der Waals surface area contributed by atoms with Crippen molar-refractivity contribution < 1.29 is 195 Å². The van der Waals surface area contributed by atoms with Crippen molar-refractivity contribution in [3.63, 3.8) is 0 Å². The lowest BCUT2D eigenvalue weighted by molar-refractivity contribution is -0.145. The van der Waals surface area contributed by atoms with Crippen LogP contribution in [0.25, 0.3) is 0 Å². The largest absolute Gasteiger partial charge is 0.480 e. The predicted octanol–water partition coefficient (Wildman–Crippen LogP) is -13.7. The minimum atomic E-state index is -4.20. The zero-order valence-electron chi connectivity index (χ0n) is 79.9. The highest BCUT2D eigenvalue weighted by Crippen LogP contribution is 2.46. The van der Waals surface area contributed by atoms with Crippen LogP contribution < -0.4 is 68.8 Å². The summed E-state index contributed by atoms with van der Waals surface area (Å²) in [6.45, 7) is 3.28. The molecule has 60 nitrogen and oxygen atoms in total. The fourth-order valence-corrected chi connectivity index (χ4v) is 24.1. The summed E-state index contributed by atoms with van der Waals surface area (Å²) in [4.78, 5) is 69.0. The number of nitrogens with zero attached hydrogens (tertiary/aromatic N) is 6. The Balaban J connectivity index is 0.000000438. The Morgan fingerprint density at radius 3 is 0.803 bits per heavy atom. The molecule has 824 valence electrons. The lowest BCUT2D eigenvalue weighted by Crippen LogP contribution is -2.55. The zero-order valence-corrected chi connectivity index (χ0v) is 84.8. The average molecular weight is 2170 g/mol. The number of hydrogen-bond acceptors (Lipinski definition) is 48. The molecular formula is C70H148B6N18O42S6. The van der Waals surface area contributed by atoms with Gasteiger partial charge in [-0.05, 0) is 143 Å². The lowest BCUT2D eigenvalue weighted by atomic mass is 9.78. The first-order valence-electron chi connectivity index (χ1n) is 45.6. The second-order valence-corrected chi connectivity index (χ2v) is 48.0. The van der Waals surface area contributed by atoms with Crippen LogP contribution in [-0.2, 0) is 116 Å². The number of carbonyl (C=O) groups is 6. The van der Waals surface area contributed by atoms with Gasteiger partial charge in [-0.1, -0.05) is 38.5 Å². The summed E-state index contributed by atoms with van der Waals surface area (Å²) in [5, 5.41) is 163. The quantitative estimate of drug-likeness (QED) is 0.0199. The van der Waals surface area contributed by atoms with Crippen molar-refractivity contribution in [1.29, 1.82) is 0 Å². The highest BCUT2D eigenvalue weighted by Gasteiger charge is 2.60. The Hall–Kier alpha value is -4.53. The number of nitrogens with two attached hydrogens (primary N) is 12. The van der Waals surface area contributed by atoms with Gasteiger partial charge in [0.2, 0.25) is 0 Å². The van der Waals surface area contributed by atoms with Crippen LogP contribution in [0.5, 0.6) is 0 Å². The molecule has 0 unspecified atom stereocenters. The van der Waals surface area contributed by atoms with Gasteiger partial charge in [0.25, 0.3) is 0 Å². The van der Waals surface area contributed by atoms with Crippen LogP contribution in [0, 0.1) is 40.9 Å². The summed E-state index contributed by atoms with van der Waals surface area (Å²) < 4.78 is 182. The van der Waals surface area contributed by atoms with Crippen LogP contribution in [0.1, 0.15) is 137 Å². The van der Waals surface area contributed by atoms with Gasteiger partial charge >= 0.3 is 140 Å². The molecule has 0 bridgehead atoms. The number of hydrogen-bond donors (Lipinski definition) is 30. The number of rotatable bonds is 55. The van der Waals surface area contributed by atoms with E-state index in [1.165, 1.54) is 13.8 Å². The van der Waals surface area contributed by atoms with E-state index < -0.39 is 246 Å². The maximum absolute atomic E-state index is 12.4. The molecule has 0 amide bonds. The molecule has 0 aromatic rings. The number of carboxylic acid groups (broad SMARTS) is 6. The Bertz CT molecular complexity index is 4760. The Kier molecular flexibility index (Phi) is 51.4. The molecule has 8 fully saturated rings. The first-order chi connectivity index (χ1) is 65.0. The van der Waals surface area contributed by atoms with Crippen LogP contribution in [-0.4, -0.2) is 433 Å². The molecule has 42 N–H and O–H groups in total. The molecule has 0 aromatic carbocycles. The standard InChI is InChI=1S/C13H26BN3O7S.C12H24BN3O7S.2C12H26BN3O7S.C11H24BN3O7S.C10H22BN3O7S/c15-7-12(3-4-12)9-24-25(22,23)17-6-10(2-1-5-14(20)21)13(16,8-17)11(18)19;14-9-4-10(5-9)23-24(21,22)16-6-8(2-1-3-13(19)20)12(15,7-16)11(17)18;1-11(2,14)8-23-24(21,22)16-6-9(4-3-5-13(19)20)12(15,7-16)10(17)18;1-11(2,7-14)23-24(21,22)16-6-9(4-3-5-13(19)20)12(15,8-16)10(17)18;13-5-2-6-22-23(20,21)15-7-9(3-1-4-12(18)19)11(14,8-15)10(16)17;12-4-5-21-22(19,20)14-6-8(2-1-3-11(17)18)10(13,7-14)9(15)16/h10,20-21H,1-9,15-16H2,(H,18,19);8-10,19-20H,1-7,14-15H2,(H,17,18);2*9,19-20H,3-8,14-15H2,1-2H3,(H,17,18);9,18-19H,1-8,13-14H2,(H,16,17);8,17-18H,1-7,12-13H2,(H,15,16)/t10-,13-;8-,9?,10?,12-;2*9-,12-;9-,11-;8-,10-/m000000/s1. The SMILES string of the molecule is CC(C)(CN)OS(=O)(=O)N1C[C@H](CCCB(O)O)[C@](N)(C(=O)O)C1.CC(C)(N)COS(=O)(=O)N1C[C@H](CCCB(O)O)[C@](N)(C(=O)O)C1.NC1CC(OS(=O)(=O)N2C[C@H](CCCB(O)O)[C@](N)(C(=O)O)C2)C1.NCC1(COS(=O)(=O)N2C[C@H](CCCB(O)O)[C@](N)(C(=O)O)C2)CC1.NCCCOS(=O)(=O)N1C[C@H](CCCB(O)O)[C@](N)(C(=O)O)C1.NCCOS(=O)(=O)N1C[C@H](CCCB(O)O)[C@](N)(C(=O)O)C1. The summed E-state index contributed by atoms with van der Waals surface area (Å²) in [7, 11) is -33.7. The highest BCUT2D eigenvalue weighted by atomic mass is 32.3. The Morgan fingerprint density at radius 1 is 0.352 bits per heavy atom. The van der Waals surface area contributed by atoms with Crippen molar-refractivity contribution in [2.45, 2.75) is 231 Å². The number of carboxylic acids is 6. The third-order valence-corrected chi connectivity index (χ3v) is 33.9. The minimum absolute atomic E-state index is 0.0115. The van der Waals surface area contributed by atoms with Crippen molar-refractivity contribution >= 4 is 140 Å². The maximum Gasteiger partial charge on any atom is 0.451 e. The second kappa shape index (κ2) is 55.5. The average Bonchev–Trinajstić information content (AvgIpc) is 1.65. The molecule has 2 aliphatic carbocycles. The molecule has 0 spiro atoms. The van der Waals surface area contributed by atoms with Gasteiger partial charge in [0, 0.05) is 151 Å². The van der Waals surface area contributed by atoms with Crippen LogP contribution >= 0.6 is 0 Å². The van der Waals surface area contributed by atoms with E-state index in [-0.39, 0.29) is 193 Å². The lowest BCUT2D eigenvalue weighted by Gasteiger charge is -2.32. The van der Waals surface area contributed by atoms with Crippen LogP contribution in [0.4, 0.5) is 0 Å². The van der Waals surface area contributed by atoms with Gasteiger partial charge in [-0.15, -0.1) is 0 Å². The molecular weight excluding hydrogens is 2020 g/mol. The normalized spacial score (nSPS) is 27.8. The molecule has 142 heavy (non-hydrogen) atoms. The van der Waals surface area contributed by atoms with E-state index in [0.29, 0.717) is 64.3 Å². The van der Waals surface area contributed by atoms with Gasteiger partial charge < -0.3 is 160 Å². The van der Waals surface area contributed by atoms with Crippen molar-refractivity contribution in [3.05, 3.63) is 0 Å². The third-order valence-electron chi connectivity index (χ3n) is 25.5. The maximum atomic E-state index is 12.4. The Labute approximate surface area is 829 Å². The van der Waals surface area contributed by atoms with E-state index in [1.807, 2.05) is 0 Å². The summed E-state index contributed by atoms with van der Waals surface area (Å²) in [5.74, 6) is -11.7. The first-order valence-corrected chi connectivity index (χ1v) is 53.8. The predicted molar refractivity (Wildman–Crippen MR) is 508 cm³/mol. The fourth-order valence-electron chi connectivity index (χ4n) is 16.2. The fraction of sp³-hybridized carbons (Fsp3) is 0.914. The summed E-state index contributed by atoms with van der Waals surface area (Å²) in [6.07, 6.45) is 6.13. The van der Waals surface area contributed by atoms with Crippen molar-refractivity contribution in [2.24, 2.45) is 110 Å². The van der Waals surface area contributed by atoms with Crippen molar-refractivity contribution in [2.75, 3.05) is 131 Å². The molecule has 8 rings (SSSR count). The van der Waals surface area contributed by atoms with E-state index in [0.717, 1.165) is 38.7 Å². The van der Waals surface area contributed by atoms with Crippen molar-refractivity contribution in [3.8, 4) is 0 Å². The molecule has 8 aliphatic rings. The van der Waals surface area contributed by atoms with Gasteiger partial charge in [0.05, 0.1) is 38.1 Å². The van der Waals surface area contributed by atoms with E-state index >= 15 is 0 Å². The number of aliphatic carboxylic acids is 6. The molecule has 2 saturated carbocycles. The highest BCUT2D eigenvalue weighted by molar-refractivity contribution is 7.85. The topological polar surface area (TPSA) is 1060 Å². The van der Waals surface area contributed by atoms with Crippen molar-refractivity contribution in [1.82, 2.24) is 25.8 Å². The van der Waals surface area contributed by atoms with Gasteiger partial charge in [-0.25, -0.2) is 0 Å². The summed E-state index contributed by atoms with van der Waals surface area (Å²) >= 11 is 0. The monoisotopic (exact) mass is 2170 g/mol. The van der Waals surface area contributed by atoms with Gasteiger partial charge in [-0.3, -0.25) is 53.9 Å². The van der Waals surface area contributed by atoms with Gasteiger partial charge in [0.15, 0.2) is 0 Å². The Morgan fingerprint density at radius 2 is 0.592 bits per heavy atom. The minimum Gasteiger partial charge on any atom is -0.480 e. The first kappa shape index (κ1) is 132. The molecule has 6 saturated heterocycles. The summed E-state index contributed by atoms with van der Waals surface area (Å²) in [5.41, 5.74) is 55.6. The third kappa shape index (κ3) is 39.7. The van der Waals surface area contributed by atoms with E-state index in [1.54, 1.807) is 13.8 Å². The molecule has 6 aliphatic heterocycles. The van der Waals surface area contributed by atoms with Gasteiger partial charge in [-0.2, -0.15) is 76.3 Å². The van der Waals surface area contributed by atoms with E-state index in [9.17, 15) is 110 Å². The molecule has 0 aromatic heterocycles.